The van der Waals surface area contributed by atoms with Gasteiger partial charge in [0.05, 0.1) is 31.4 Å². The molecule has 3 aromatic carbocycles. The Morgan fingerprint density at radius 1 is 1.02 bits per heavy atom. The van der Waals surface area contributed by atoms with Gasteiger partial charge in [0.1, 0.15) is 18.1 Å². The number of carbonyl (C=O) groups excluding carboxylic acids is 1. The molecule has 1 aromatic heterocycles. The van der Waals surface area contributed by atoms with Crippen molar-refractivity contribution in [2.24, 2.45) is 4.99 Å². The van der Waals surface area contributed by atoms with Crippen molar-refractivity contribution in [1.29, 1.82) is 0 Å². The number of rotatable bonds is 10. The van der Waals surface area contributed by atoms with E-state index in [2.05, 4.69) is 4.99 Å². The third kappa shape index (κ3) is 6.09. The van der Waals surface area contributed by atoms with E-state index in [0.29, 0.717) is 60.8 Å². The van der Waals surface area contributed by atoms with Gasteiger partial charge in [0, 0.05) is 33.5 Å². The second-order valence-electron chi connectivity index (χ2n) is 9.77. The molecule has 4 aromatic rings. The van der Waals surface area contributed by atoms with Crippen LogP contribution in [0.5, 0.6) is 23.0 Å². The smallest absolute Gasteiger partial charge is 0.271 e. The molecule has 0 amide bonds. The third-order valence-electron chi connectivity index (χ3n) is 7.04. The number of hydrogen-bond donors (Lipinski definition) is 0. The first-order chi connectivity index (χ1) is 20.7. The van der Waals surface area contributed by atoms with Crippen LogP contribution in [0.2, 0.25) is 5.02 Å². The summed E-state index contributed by atoms with van der Waals surface area (Å²) in [5, 5.41) is 0.626. The van der Waals surface area contributed by atoms with Gasteiger partial charge in [-0.3, -0.25) is 14.2 Å². The van der Waals surface area contributed by atoms with Gasteiger partial charge in [-0.15, -0.1) is 0 Å². The number of aromatic nitrogens is 1. The Bertz CT molecular complexity index is 1910. The summed E-state index contributed by atoms with van der Waals surface area (Å²) in [5.74, 6) is 2.04. The van der Waals surface area contributed by atoms with Gasteiger partial charge in [0.25, 0.3) is 5.56 Å². The van der Waals surface area contributed by atoms with Gasteiger partial charge >= 0.3 is 0 Å². The summed E-state index contributed by atoms with van der Waals surface area (Å²) in [4.78, 5) is 32.0. The van der Waals surface area contributed by atoms with Crippen LogP contribution < -0.4 is 33.8 Å². The van der Waals surface area contributed by atoms with Gasteiger partial charge in [-0.05, 0) is 62.7 Å². The molecule has 1 aliphatic heterocycles. The summed E-state index contributed by atoms with van der Waals surface area (Å²) < 4.78 is 25.0. The fourth-order valence-corrected chi connectivity index (χ4v) is 6.27. The van der Waals surface area contributed by atoms with Gasteiger partial charge in [0.15, 0.2) is 22.1 Å². The summed E-state index contributed by atoms with van der Waals surface area (Å²) in [6, 6.07) is 17.6. The van der Waals surface area contributed by atoms with Crippen molar-refractivity contribution in [2.45, 2.75) is 33.4 Å². The van der Waals surface area contributed by atoms with Crippen LogP contribution in [0.1, 0.15) is 43.5 Å². The Morgan fingerprint density at radius 2 is 1.81 bits per heavy atom. The molecule has 5 rings (SSSR count). The molecule has 1 aliphatic rings. The lowest BCUT2D eigenvalue weighted by Crippen LogP contribution is -2.39. The van der Waals surface area contributed by atoms with E-state index in [9.17, 15) is 9.59 Å². The molecule has 1 atom stereocenters. The first-order valence-electron chi connectivity index (χ1n) is 13.6. The SMILES string of the molecule is CCOc1cc(/C=c2/sc3n(c2=O)[C@@H](c2ccc(OC)cc2OC)C(C(C)=O)=C(C)N=3)ccc1OCc1ccccc1Cl. The Kier molecular flexibility index (Phi) is 9.03. The summed E-state index contributed by atoms with van der Waals surface area (Å²) in [5.41, 5.74) is 2.99. The van der Waals surface area contributed by atoms with Crippen LogP contribution in [0.3, 0.4) is 0 Å². The van der Waals surface area contributed by atoms with Gasteiger partial charge in [0.2, 0.25) is 0 Å². The number of allylic oxidation sites excluding steroid dienone is 2. The quantitative estimate of drug-likeness (QED) is 0.234. The van der Waals surface area contributed by atoms with Crippen LogP contribution in [-0.4, -0.2) is 31.2 Å². The molecule has 0 radical (unpaired) electrons. The summed E-state index contributed by atoms with van der Waals surface area (Å²) in [6.45, 7) is 5.88. The largest absolute Gasteiger partial charge is 0.497 e. The van der Waals surface area contributed by atoms with E-state index in [-0.39, 0.29) is 17.9 Å². The van der Waals surface area contributed by atoms with Crippen LogP contribution >= 0.6 is 22.9 Å². The number of methoxy groups -OCH3 is 2. The van der Waals surface area contributed by atoms with Gasteiger partial charge in [-0.25, -0.2) is 4.99 Å². The van der Waals surface area contributed by atoms with Gasteiger partial charge in [-0.1, -0.05) is 47.2 Å². The number of fused-ring (bicyclic) bond motifs is 1. The number of hydrogen-bond acceptors (Lipinski definition) is 8. The molecule has 0 aliphatic carbocycles. The van der Waals surface area contributed by atoms with Crippen molar-refractivity contribution in [2.75, 3.05) is 20.8 Å². The first kappa shape index (κ1) is 30.1. The average Bonchev–Trinajstić information content (AvgIpc) is 3.30. The Morgan fingerprint density at radius 3 is 2.51 bits per heavy atom. The second kappa shape index (κ2) is 12.9. The maximum absolute atomic E-state index is 14.0. The normalized spacial score (nSPS) is 14.7. The third-order valence-corrected chi connectivity index (χ3v) is 8.39. The van der Waals surface area contributed by atoms with Gasteiger partial charge in [-0.2, -0.15) is 0 Å². The lowest BCUT2D eigenvalue weighted by atomic mass is 9.92. The molecule has 0 fully saturated rings. The minimum absolute atomic E-state index is 0.174. The fourth-order valence-electron chi connectivity index (χ4n) is 5.03. The van der Waals surface area contributed by atoms with E-state index in [0.717, 1.165) is 11.1 Å². The number of ketones is 1. The average molecular weight is 619 g/mol. The zero-order valence-electron chi connectivity index (χ0n) is 24.5. The number of thiazole rings is 1. The summed E-state index contributed by atoms with van der Waals surface area (Å²) in [6.07, 6.45) is 1.79. The molecule has 0 spiro atoms. The standard InChI is InChI=1S/C33H31ClN2O6S/c1-6-41-28-15-21(11-14-26(28)42-18-22-9-7-8-10-25(22)34)16-29-32(38)36-31(24-13-12-23(39-4)17-27(24)40-5)30(20(3)37)19(2)35-33(36)43-29/h7-17,31H,6,18H2,1-5H3/b29-16+/t31-/m0/s1. The van der Waals surface area contributed by atoms with Crippen LogP contribution in [0.4, 0.5) is 0 Å². The van der Waals surface area contributed by atoms with Crippen molar-refractivity contribution in [3.63, 3.8) is 0 Å². The van der Waals surface area contributed by atoms with Crippen molar-refractivity contribution < 1.29 is 23.7 Å². The molecular formula is C33H31ClN2O6S. The highest BCUT2D eigenvalue weighted by Gasteiger charge is 2.32. The van der Waals surface area contributed by atoms with E-state index in [1.807, 2.05) is 55.5 Å². The highest BCUT2D eigenvalue weighted by atomic mass is 35.5. The Balaban J connectivity index is 1.58. The molecular weight excluding hydrogens is 588 g/mol. The first-order valence-corrected chi connectivity index (χ1v) is 14.8. The van der Waals surface area contributed by atoms with Gasteiger partial charge < -0.3 is 18.9 Å². The van der Waals surface area contributed by atoms with E-state index in [4.69, 9.17) is 30.5 Å². The maximum Gasteiger partial charge on any atom is 0.271 e. The molecule has 0 N–H and O–H groups in total. The zero-order valence-corrected chi connectivity index (χ0v) is 26.0. The summed E-state index contributed by atoms with van der Waals surface area (Å²) >= 11 is 7.55. The zero-order chi connectivity index (χ0) is 30.7. The molecule has 8 nitrogen and oxygen atoms in total. The summed E-state index contributed by atoms with van der Waals surface area (Å²) in [7, 11) is 3.11. The van der Waals surface area contributed by atoms with Crippen LogP contribution in [0, 0.1) is 0 Å². The molecule has 0 unspecified atom stereocenters. The number of carbonyl (C=O) groups is 1. The maximum atomic E-state index is 14.0. The molecule has 0 saturated carbocycles. The molecule has 0 saturated heterocycles. The van der Waals surface area contributed by atoms with Crippen molar-refractivity contribution >= 4 is 34.8 Å². The van der Waals surface area contributed by atoms with E-state index < -0.39 is 6.04 Å². The monoisotopic (exact) mass is 618 g/mol. The highest BCUT2D eigenvalue weighted by Crippen LogP contribution is 2.37. The van der Waals surface area contributed by atoms with Crippen molar-refractivity contribution in [3.05, 3.63) is 113 Å². The minimum atomic E-state index is -0.712. The lowest BCUT2D eigenvalue weighted by Gasteiger charge is -2.26. The van der Waals surface area contributed by atoms with E-state index >= 15 is 0 Å². The van der Waals surface area contributed by atoms with Crippen LogP contribution in [-0.2, 0) is 11.4 Å². The Hall–Kier alpha value is -4.34. The molecule has 43 heavy (non-hydrogen) atoms. The van der Waals surface area contributed by atoms with E-state index in [1.165, 1.54) is 18.3 Å². The van der Waals surface area contributed by atoms with Crippen LogP contribution in [0.15, 0.2) is 81.7 Å². The number of ether oxygens (including phenoxy) is 4. The second-order valence-corrected chi connectivity index (χ2v) is 11.2. The fraction of sp³-hybridized carbons (Fsp3) is 0.242. The molecule has 2 heterocycles. The minimum Gasteiger partial charge on any atom is -0.497 e. The van der Waals surface area contributed by atoms with E-state index in [1.54, 1.807) is 43.9 Å². The molecule has 0 bridgehead atoms. The number of benzene rings is 3. The lowest BCUT2D eigenvalue weighted by molar-refractivity contribution is -0.114. The topological polar surface area (TPSA) is 88.3 Å². The number of halogens is 1. The predicted octanol–water partition coefficient (Wildman–Crippen LogP) is 5.47. The number of nitrogens with zero attached hydrogens (tertiary/aromatic N) is 2. The predicted molar refractivity (Wildman–Crippen MR) is 167 cm³/mol. The Labute approximate surface area is 258 Å². The molecule has 10 heteroatoms. The van der Waals surface area contributed by atoms with Crippen molar-refractivity contribution in [3.8, 4) is 23.0 Å². The van der Waals surface area contributed by atoms with Crippen LogP contribution in [0.25, 0.3) is 6.08 Å². The van der Waals surface area contributed by atoms with Crippen molar-refractivity contribution in [1.82, 2.24) is 4.57 Å². The highest BCUT2D eigenvalue weighted by molar-refractivity contribution is 7.07. The number of Topliss-reactive ketones (excluding diaryl/α,β-unsaturated/α-hetero) is 1. The molecule has 222 valence electrons.